The summed E-state index contributed by atoms with van der Waals surface area (Å²) in [5, 5.41) is 3.36. The second kappa shape index (κ2) is 7.23. The summed E-state index contributed by atoms with van der Waals surface area (Å²) in [7, 11) is -3.65. The van der Waals surface area contributed by atoms with Crippen LogP contribution < -0.4 is 4.72 Å². The molecule has 0 aliphatic heterocycles. The number of hydrogen-bond donors (Lipinski definition) is 1. The molecule has 0 atom stereocenters. The van der Waals surface area contributed by atoms with E-state index in [4.69, 9.17) is 5.53 Å². The molecular weight excluding hydrogens is 283 g/mol. The van der Waals surface area contributed by atoms with Crippen molar-refractivity contribution in [1.29, 1.82) is 0 Å². The van der Waals surface area contributed by atoms with Crippen LogP contribution >= 0.6 is 0 Å². The van der Waals surface area contributed by atoms with Crippen molar-refractivity contribution in [3.05, 3.63) is 39.5 Å². The van der Waals surface area contributed by atoms with Crippen molar-refractivity contribution >= 4 is 10.0 Å². The largest absolute Gasteiger partial charge is 0.241 e. The van der Waals surface area contributed by atoms with E-state index in [1.165, 1.54) is 12.1 Å². The summed E-state index contributed by atoms with van der Waals surface area (Å²) >= 11 is 0. The molecule has 0 saturated heterocycles. The molecule has 1 aromatic carbocycles. The van der Waals surface area contributed by atoms with E-state index in [0.717, 1.165) is 0 Å². The second-order valence-electron chi connectivity index (χ2n) is 4.43. The molecule has 0 fully saturated rings. The molecule has 0 spiro atoms. The Bertz CT molecular complexity index is 601. The van der Waals surface area contributed by atoms with Crippen molar-refractivity contribution in [1.82, 2.24) is 4.72 Å². The first-order chi connectivity index (χ1) is 9.38. The molecule has 110 valence electrons. The summed E-state index contributed by atoms with van der Waals surface area (Å²) in [4.78, 5) is 2.73. The molecule has 6 nitrogen and oxygen atoms in total. The van der Waals surface area contributed by atoms with Crippen LogP contribution in [0.5, 0.6) is 0 Å². The standard InChI is InChI=1S/C12H17FN4O2S/c1-9-7-11(13)8-10(2)12(9)20(18,19)16-6-4-3-5-15-17-14/h7-8,16H,3-6H2,1-2H3. The van der Waals surface area contributed by atoms with Crippen LogP contribution in [0, 0.1) is 19.7 Å². The van der Waals surface area contributed by atoms with Crippen LogP contribution in [0.25, 0.3) is 10.4 Å². The molecule has 8 heteroatoms. The Morgan fingerprint density at radius 3 is 2.45 bits per heavy atom. The topological polar surface area (TPSA) is 94.9 Å². The van der Waals surface area contributed by atoms with Crippen molar-refractivity contribution < 1.29 is 12.8 Å². The Kier molecular flexibility index (Phi) is 5.94. The number of hydrogen-bond acceptors (Lipinski definition) is 3. The Labute approximate surface area is 117 Å². The third kappa shape index (κ3) is 4.48. The van der Waals surface area contributed by atoms with Gasteiger partial charge in [0.15, 0.2) is 0 Å². The van der Waals surface area contributed by atoms with Crippen molar-refractivity contribution in [2.24, 2.45) is 5.11 Å². The van der Waals surface area contributed by atoms with Gasteiger partial charge in [0, 0.05) is 18.0 Å². The van der Waals surface area contributed by atoms with Crippen LogP contribution in [0.4, 0.5) is 4.39 Å². The molecule has 0 aliphatic rings. The first-order valence-electron chi connectivity index (χ1n) is 6.16. The van der Waals surface area contributed by atoms with Crippen LogP contribution in [0.2, 0.25) is 0 Å². The average molecular weight is 300 g/mol. The van der Waals surface area contributed by atoms with Gasteiger partial charge in [0.25, 0.3) is 0 Å². The molecule has 0 bridgehead atoms. The van der Waals surface area contributed by atoms with E-state index < -0.39 is 15.8 Å². The molecular formula is C12H17FN4O2S. The summed E-state index contributed by atoms with van der Waals surface area (Å²) in [6.45, 7) is 3.71. The van der Waals surface area contributed by atoms with E-state index in [1.54, 1.807) is 13.8 Å². The normalized spacial score (nSPS) is 11.2. The van der Waals surface area contributed by atoms with Crippen LogP contribution in [0.3, 0.4) is 0 Å². The van der Waals surface area contributed by atoms with Gasteiger partial charge >= 0.3 is 0 Å². The van der Waals surface area contributed by atoms with E-state index in [9.17, 15) is 12.8 Å². The third-order valence-corrected chi connectivity index (χ3v) is 4.50. The van der Waals surface area contributed by atoms with Gasteiger partial charge in [-0.05, 0) is 55.5 Å². The van der Waals surface area contributed by atoms with Gasteiger partial charge in [-0.1, -0.05) is 5.11 Å². The number of rotatable bonds is 7. The zero-order valence-electron chi connectivity index (χ0n) is 11.4. The van der Waals surface area contributed by atoms with Gasteiger partial charge in [0.1, 0.15) is 5.82 Å². The number of nitrogens with zero attached hydrogens (tertiary/aromatic N) is 3. The Balaban J connectivity index is 2.72. The minimum Gasteiger partial charge on any atom is -0.211 e. The highest BCUT2D eigenvalue weighted by atomic mass is 32.2. The van der Waals surface area contributed by atoms with Gasteiger partial charge in [-0.25, -0.2) is 17.5 Å². The van der Waals surface area contributed by atoms with Gasteiger partial charge in [-0.2, -0.15) is 0 Å². The lowest BCUT2D eigenvalue weighted by atomic mass is 10.1. The minimum atomic E-state index is -3.65. The number of benzene rings is 1. The lowest BCUT2D eigenvalue weighted by Crippen LogP contribution is -2.26. The number of aryl methyl sites for hydroxylation is 2. The predicted molar refractivity (Wildman–Crippen MR) is 74.3 cm³/mol. The lowest BCUT2D eigenvalue weighted by molar-refractivity contribution is 0.574. The fourth-order valence-corrected chi connectivity index (χ4v) is 3.48. The number of halogens is 1. The highest BCUT2D eigenvalue weighted by Gasteiger charge is 2.19. The van der Waals surface area contributed by atoms with Crippen LogP contribution in [0.1, 0.15) is 24.0 Å². The zero-order chi connectivity index (χ0) is 15.2. The summed E-state index contributed by atoms with van der Waals surface area (Å²) in [5.74, 6) is -0.451. The lowest BCUT2D eigenvalue weighted by Gasteiger charge is -2.12. The maximum absolute atomic E-state index is 13.2. The van der Waals surface area contributed by atoms with Crippen molar-refractivity contribution in [3.63, 3.8) is 0 Å². The highest BCUT2D eigenvalue weighted by Crippen LogP contribution is 2.21. The molecule has 0 heterocycles. The van der Waals surface area contributed by atoms with Crippen LogP contribution in [-0.4, -0.2) is 21.5 Å². The molecule has 1 rings (SSSR count). The van der Waals surface area contributed by atoms with E-state index in [1.807, 2.05) is 0 Å². The summed E-state index contributed by atoms with van der Waals surface area (Å²) < 4.78 is 40.0. The second-order valence-corrected chi connectivity index (χ2v) is 6.13. The zero-order valence-corrected chi connectivity index (χ0v) is 12.2. The maximum atomic E-state index is 13.2. The molecule has 0 aromatic heterocycles. The van der Waals surface area contributed by atoms with E-state index in [-0.39, 0.29) is 11.4 Å². The first kappa shape index (κ1) is 16.4. The number of unbranched alkanes of at least 4 members (excludes halogenated alkanes) is 1. The van der Waals surface area contributed by atoms with Gasteiger partial charge in [0.05, 0.1) is 4.90 Å². The van der Waals surface area contributed by atoms with Gasteiger partial charge < -0.3 is 0 Å². The Morgan fingerprint density at radius 2 is 1.90 bits per heavy atom. The molecule has 0 radical (unpaired) electrons. The van der Waals surface area contributed by atoms with Gasteiger partial charge in [-0.3, -0.25) is 0 Å². The SMILES string of the molecule is Cc1cc(F)cc(C)c1S(=O)(=O)NCCCCN=[N+]=[N-]. The van der Waals surface area contributed by atoms with Crippen molar-refractivity contribution in [2.45, 2.75) is 31.6 Å². The molecule has 1 N–H and O–H groups in total. The molecule has 0 unspecified atom stereocenters. The summed E-state index contributed by atoms with van der Waals surface area (Å²) in [6, 6.07) is 2.40. The highest BCUT2D eigenvalue weighted by molar-refractivity contribution is 7.89. The molecule has 20 heavy (non-hydrogen) atoms. The van der Waals surface area contributed by atoms with E-state index in [2.05, 4.69) is 14.7 Å². The number of nitrogens with one attached hydrogen (secondary N) is 1. The van der Waals surface area contributed by atoms with Gasteiger partial charge in [-0.15, -0.1) is 0 Å². The average Bonchev–Trinajstić information content (AvgIpc) is 2.31. The smallest absolute Gasteiger partial charge is 0.211 e. The van der Waals surface area contributed by atoms with E-state index >= 15 is 0 Å². The Morgan fingerprint density at radius 1 is 1.30 bits per heavy atom. The van der Waals surface area contributed by atoms with Crippen LogP contribution in [0.15, 0.2) is 22.1 Å². The Hall–Kier alpha value is -1.63. The fourth-order valence-electron chi connectivity index (χ4n) is 1.95. The van der Waals surface area contributed by atoms with Crippen LogP contribution in [-0.2, 0) is 10.0 Å². The molecule has 0 aliphatic carbocycles. The summed E-state index contributed by atoms with van der Waals surface area (Å²) in [6.07, 6.45) is 1.17. The van der Waals surface area contributed by atoms with Crippen molar-refractivity contribution in [3.8, 4) is 0 Å². The number of azide groups is 1. The summed E-state index contributed by atoms with van der Waals surface area (Å²) in [5.41, 5.74) is 8.86. The van der Waals surface area contributed by atoms with Gasteiger partial charge in [0.2, 0.25) is 10.0 Å². The maximum Gasteiger partial charge on any atom is 0.241 e. The van der Waals surface area contributed by atoms with Crippen molar-refractivity contribution in [2.75, 3.05) is 13.1 Å². The molecule has 1 aromatic rings. The number of sulfonamides is 1. The third-order valence-electron chi connectivity index (χ3n) is 2.73. The minimum absolute atomic E-state index is 0.119. The predicted octanol–water partition coefficient (Wildman–Crippen LogP) is 2.81. The molecule has 0 amide bonds. The quantitative estimate of drug-likeness (QED) is 0.363. The fraction of sp³-hybridized carbons (Fsp3) is 0.500. The molecule has 0 saturated carbocycles. The first-order valence-corrected chi connectivity index (χ1v) is 7.64. The monoisotopic (exact) mass is 300 g/mol. The van der Waals surface area contributed by atoms with E-state index in [0.29, 0.717) is 30.5 Å².